The topological polar surface area (TPSA) is 67.9 Å². The van der Waals surface area contributed by atoms with E-state index in [4.69, 9.17) is 9.47 Å². The van der Waals surface area contributed by atoms with Crippen molar-refractivity contribution in [2.24, 2.45) is 5.41 Å². The van der Waals surface area contributed by atoms with Crippen molar-refractivity contribution in [1.29, 1.82) is 0 Å². The third kappa shape index (κ3) is 4.17. The zero-order valence-electron chi connectivity index (χ0n) is 25.2. The quantitative estimate of drug-likeness (QED) is 0.182. The van der Waals surface area contributed by atoms with Gasteiger partial charge in [-0.15, -0.1) is 0 Å². The van der Waals surface area contributed by atoms with Crippen LogP contribution in [-0.4, -0.2) is 33.1 Å². The maximum Gasteiger partial charge on any atom is 0.409 e. The van der Waals surface area contributed by atoms with Crippen LogP contribution in [0.15, 0.2) is 66.7 Å². The van der Waals surface area contributed by atoms with Gasteiger partial charge >= 0.3 is 18.9 Å². The molecule has 0 amide bonds. The zero-order chi connectivity index (χ0) is 29.8. The predicted octanol–water partition coefficient (Wildman–Crippen LogP) is 5.84. The van der Waals surface area contributed by atoms with Crippen LogP contribution in [0.2, 0.25) is 0 Å². The minimum atomic E-state index is -1.38. The fourth-order valence-electron chi connectivity index (χ4n) is 7.42. The highest BCUT2D eigenvalue weighted by Crippen LogP contribution is 2.45. The molecule has 0 saturated carbocycles. The monoisotopic (exact) mass is 560 g/mol. The molecule has 1 aliphatic carbocycles. The van der Waals surface area contributed by atoms with Crippen molar-refractivity contribution in [2.75, 3.05) is 24.3 Å². The standard InChI is InChI=1S/C35H37BN2O4/c1-21(2)30-22(3)26-18-35(33(39)41-5,34(40)42-6)19-27(26)23(4)32(30)36-37-28-16-10-14-25-15-11-17-29(31(25)28)38(36)20-24-12-8-7-9-13-24/h7-17,21,37H,18-20H2,1-6H3. The van der Waals surface area contributed by atoms with Crippen molar-refractivity contribution < 1.29 is 19.1 Å². The average Bonchev–Trinajstić information content (AvgIpc) is 3.43. The van der Waals surface area contributed by atoms with Gasteiger partial charge in [-0.05, 0) is 76.1 Å². The van der Waals surface area contributed by atoms with E-state index in [0.717, 1.165) is 27.9 Å². The Balaban J connectivity index is 1.59. The molecule has 0 spiro atoms. The Morgan fingerprint density at radius 2 is 1.50 bits per heavy atom. The number of anilines is 2. The molecule has 1 aliphatic heterocycles. The molecule has 6 rings (SSSR count). The van der Waals surface area contributed by atoms with Gasteiger partial charge in [0.15, 0.2) is 5.41 Å². The van der Waals surface area contributed by atoms with E-state index in [1.807, 2.05) is 6.07 Å². The molecular formula is C35H37BN2O4. The number of nitrogens with zero attached hydrogens (tertiary/aromatic N) is 1. The molecule has 2 aliphatic rings. The van der Waals surface area contributed by atoms with Gasteiger partial charge in [0.2, 0.25) is 0 Å². The second-order valence-corrected chi connectivity index (χ2v) is 11.9. The number of benzene rings is 4. The summed E-state index contributed by atoms with van der Waals surface area (Å²) in [6.07, 6.45) is 0.541. The lowest BCUT2D eigenvalue weighted by atomic mass is 9.57. The molecule has 6 nitrogen and oxygen atoms in total. The maximum absolute atomic E-state index is 13.2. The van der Waals surface area contributed by atoms with Crippen LogP contribution in [0.3, 0.4) is 0 Å². The molecule has 0 atom stereocenters. The fourth-order valence-corrected chi connectivity index (χ4v) is 7.42. The van der Waals surface area contributed by atoms with Crippen molar-refractivity contribution in [3.05, 3.63) is 100 Å². The molecule has 0 aromatic heterocycles. The van der Waals surface area contributed by atoms with Crippen LogP contribution < -0.4 is 15.5 Å². The molecule has 0 unspecified atom stereocenters. The van der Waals surface area contributed by atoms with Gasteiger partial charge in [0.1, 0.15) is 0 Å². The summed E-state index contributed by atoms with van der Waals surface area (Å²) in [5, 5.41) is 6.34. The number of carbonyl (C=O) groups excluding carboxylic acids is 2. The Labute approximate surface area is 248 Å². The lowest BCUT2D eigenvalue weighted by Crippen LogP contribution is -2.58. The van der Waals surface area contributed by atoms with Crippen LogP contribution in [-0.2, 0) is 38.4 Å². The van der Waals surface area contributed by atoms with Crippen LogP contribution >= 0.6 is 0 Å². The zero-order valence-corrected chi connectivity index (χ0v) is 25.2. The Kier molecular flexibility index (Phi) is 7.00. The van der Waals surface area contributed by atoms with Gasteiger partial charge in [0, 0.05) is 36.1 Å². The first-order chi connectivity index (χ1) is 20.2. The molecule has 0 radical (unpaired) electrons. The molecule has 7 heteroatoms. The van der Waals surface area contributed by atoms with Gasteiger partial charge in [0.05, 0.1) is 14.2 Å². The van der Waals surface area contributed by atoms with Gasteiger partial charge in [-0.1, -0.05) is 68.4 Å². The van der Waals surface area contributed by atoms with Gasteiger partial charge in [0.25, 0.3) is 0 Å². The van der Waals surface area contributed by atoms with Crippen molar-refractivity contribution >= 4 is 46.5 Å². The van der Waals surface area contributed by atoms with Gasteiger partial charge < -0.3 is 19.5 Å². The van der Waals surface area contributed by atoms with Crippen molar-refractivity contribution in [1.82, 2.24) is 0 Å². The van der Waals surface area contributed by atoms with Crippen molar-refractivity contribution in [2.45, 2.75) is 53.0 Å². The summed E-state index contributed by atoms with van der Waals surface area (Å²) in [4.78, 5) is 28.8. The molecule has 214 valence electrons. The van der Waals surface area contributed by atoms with E-state index in [9.17, 15) is 9.59 Å². The van der Waals surface area contributed by atoms with Gasteiger partial charge in [-0.2, -0.15) is 0 Å². The molecule has 0 bridgehead atoms. The highest BCUT2D eigenvalue weighted by molar-refractivity contribution is 6.81. The largest absolute Gasteiger partial charge is 0.468 e. The fraction of sp³-hybridized carbons (Fsp3) is 0.314. The lowest BCUT2D eigenvalue weighted by molar-refractivity contribution is -0.168. The molecule has 0 saturated heterocycles. The Hall–Kier alpha value is -4.26. The van der Waals surface area contributed by atoms with E-state index in [-0.39, 0.29) is 25.7 Å². The number of rotatable bonds is 6. The minimum absolute atomic E-state index is 0.168. The summed E-state index contributed by atoms with van der Waals surface area (Å²) in [7, 11) is 2.68. The number of nitrogens with one attached hydrogen (secondary N) is 1. The number of methoxy groups -OCH3 is 2. The summed E-state index contributed by atoms with van der Waals surface area (Å²) in [6, 6.07) is 23.5. The molecular weight excluding hydrogens is 523 g/mol. The van der Waals surface area contributed by atoms with Crippen LogP contribution in [0.1, 0.15) is 53.1 Å². The third-order valence-electron chi connectivity index (χ3n) is 9.32. The summed E-state index contributed by atoms with van der Waals surface area (Å²) in [5.74, 6) is -0.873. The number of esters is 2. The summed E-state index contributed by atoms with van der Waals surface area (Å²) in [6.45, 7) is 9.28. The van der Waals surface area contributed by atoms with Crippen LogP contribution in [0, 0.1) is 19.3 Å². The van der Waals surface area contributed by atoms with Crippen molar-refractivity contribution in [3.8, 4) is 0 Å². The molecule has 4 aromatic carbocycles. The summed E-state index contributed by atoms with van der Waals surface area (Å²) in [5.41, 5.74) is 8.92. The Bertz CT molecular complexity index is 1690. The maximum atomic E-state index is 13.2. The Morgan fingerprint density at radius 1 is 0.881 bits per heavy atom. The Morgan fingerprint density at radius 3 is 2.12 bits per heavy atom. The third-order valence-corrected chi connectivity index (χ3v) is 9.32. The van der Waals surface area contributed by atoms with Crippen LogP contribution in [0.4, 0.5) is 11.4 Å². The highest BCUT2D eigenvalue weighted by Gasteiger charge is 2.54. The second-order valence-electron chi connectivity index (χ2n) is 11.9. The minimum Gasteiger partial charge on any atom is -0.468 e. The smallest absolute Gasteiger partial charge is 0.409 e. The SMILES string of the molecule is COC(=O)C1(C(=O)OC)Cc2c(C)c(B3Nc4cccc5cccc(c45)N3Cc3ccccc3)c(C(C)C)c(C)c2C1. The average molecular weight is 561 g/mol. The van der Waals surface area contributed by atoms with E-state index in [2.05, 4.69) is 98.4 Å². The summed E-state index contributed by atoms with van der Waals surface area (Å²) >= 11 is 0. The molecule has 0 fully saturated rings. The van der Waals surface area contributed by atoms with Gasteiger partial charge in [-0.3, -0.25) is 9.59 Å². The first-order valence-electron chi connectivity index (χ1n) is 14.6. The van der Waals surface area contributed by atoms with Crippen molar-refractivity contribution in [3.63, 3.8) is 0 Å². The summed E-state index contributed by atoms with van der Waals surface area (Å²) < 4.78 is 10.4. The second kappa shape index (κ2) is 10.5. The highest BCUT2D eigenvalue weighted by atomic mass is 16.5. The molecule has 1 N–H and O–H groups in total. The number of hydrogen-bond donors (Lipinski definition) is 1. The lowest BCUT2D eigenvalue weighted by Gasteiger charge is -2.40. The first kappa shape index (κ1) is 27.9. The van der Waals surface area contributed by atoms with E-state index in [1.165, 1.54) is 47.3 Å². The van der Waals surface area contributed by atoms with E-state index in [0.29, 0.717) is 6.54 Å². The van der Waals surface area contributed by atoms with Gasteiger partial charge in [-0.25, -0.2) is 0 Å². The number of ether oxygens (including phenoxy) is 2. The molecule has 42 heavy (non-hydrogen) atoms. The molecule has 4 aromatic rings. The van der Waals surface area contributed by atoms with Crippen LogP contribution in [0.5, 0.6) is 0 Å². The number of fused-ring (bicyclic) bond motifs is 1. The number of hydrogen-bond acceptors (Lipinski definition) is 6. The number of carbonyl (C=O) groups is 2. The van der Waals surface area contributed by atoms with E-state index >= 15 is 0 Å². The van der Waals surface area contributed by atoms with E-state index in [1.54, 1.807) is 0 Å². The van der Waals surface area contributed by atoms with E-state index < -0.39 is 17.4 Å². The van der Waals surface area contributed by atoms with Crippen LogP contribution in [0.25, 0.3) is 10.8 Å². The normalized spacial score (nSPS) is 15.0. The molecule has 1 heterocycles. The first-order valence-corrected chi connectivity index (χ1v) is 14.6. The predicted molar refractivity (Wildman–Crippen MR) is 169 cm³/mol.